The number of anilines is 2. The van der Waals surface area contributed by atoms with Crippen LogP contribution in [0.5, 0.6) is 0 Å². The molecule has 0 saturated carbocycles. The molecule has 1 rings (SSSR count). The van der Waals surface area contributed by atoms with Crippen molar-refractivity contribution >= 4 is 23.1 Å². The van der Waals surface area contributed by atoms with Crippen LogP contribution < -0.4 is 10.6 Å². The van der Waals surface area contributed by atoms with E-state index in [9.17, 15) is 0 Å². The monoisotopic (exact) mass is 185 g/mol. The molecule has 0 fully saturated rings. The lowest BCUT2D eigenvalue weighted by Crippen LogP contribution is -2.18. The Kier molecular flexibility index (Phi) is 2.76. The maximum Gasteiger partial charge on any atom is 0.153 e. The molecule has 0 aromatic carbocycles. The minimum atomic E-state index is 0.472. The fourth-order valence-corrected chi connectivity index (χ4v) is 1.03. The van der Waals surface area contributed by atoms with Crippen LogP contribution in [0.4, 0.5) is 11.5 Å². The Balaban J connectivity index is 3.04. The molecule has 2 N–H and O–H groups in total. The SMILES string of the molecule is CCN(C)c1nc(Cl)ccc1N. The van der Waals surface area contributed by atoms with Crippen LogP contribution in [-0.4, -0.2) is 18.6 Å². The van der Waals surface area contributed by atoms with Crippen molar-refractivity contribution in [3.63, 3.8) is 0 Å². The van der Waals surface area contributed by atoms with Crippen molar-refractivity contribution < 1.29 is 0 Å². The smallest absolute Gasteiger partial charge is 0.153 e. The Hall–Kier alpha value is -0.960. The Labute approximate surface area is 77.1 Å². The first-order valence-electron chi connectivity index (χ1n) is 3.78. The summed E-state index contributed by atoms with van der Waals surface area (Å²) < 4.78 is 0. The van der Waals surface area contributed by atoms with Crippen molar-refractivity contribution in [2.45, 2.75) is 6.92 Å². The van der Waals surface area contributed by atoms with Crippen LogP contribution in [-0.2, 0) is 0 Å². The molecule has 0 atom stereocenters. The predicted molar refractivity (Wildman–Crippen MR) is 52.6 cm³/mol. The summed E-state index contributed by atoms with van der Waals surface area (Å²) in [4.78, 5) is 6.06. The summed E-state index contributed by atoms with van der Waals surface area (Å²) in [5, 5.41) is 0.472. The second-order valence-electron chi connectivity index (χ2n) is 2.56. The minimum Gasteiger partial charge on any atom is -0.396 e. The number of nitrogens with two attached hydrogens (primary N) is 1. The molecule has 66 valence electrons. The third-order valence-corrected chi connectivity index (χ3v) is 1.92. The predicted octanol–water partition coefficient (Wildman–Crippen LogP) is 1.77. The van der Waals surface area contributed by atoms with Gasteiger partial charge in [-0.2, -0.15) is 0 Å². The average molecular weight is 186 g/mol. The van der Waals surface area contributed by atoms with E-state index < -0.39 is 0 Å². The lowest BCUT2D eigenvalue weighted by Gasteiger charge is -2.17. The molecular formula is C8H12ClN3. The van der Waals surface area contributed by atoms with E-state index in [4.69, 9.17) is 17.3 Å². The number of rotatable bonds is 2. The molecule has 0 aliphatic carbocycles. The zero-order valence-corrected chi connectivity index (χ0v) is 7.97. The van der Waals surface area contributed by atoms with Crippen LogP contribution in [0.1, 0.15) is 6.92 Å². The van der Waals surface area contributed by atoms with Crippen molar-refractivity contribution in [3.8, 4) is 0 Å². The molecule has 0 amide bonds. The van der Waals surface area contributed by atoms with Gasteiger partial charge in [-0.05, 0) is 19.1 Å². The van der Waals surface area contributed by atoms with Crippen molar-refractivity contribution in [1.82, 2.24) is 4.98 Å². The number of aromatic nitrogens is 1. The maximum absolute atomic E-state index is 5.72. The molecule has 0 spiro atoms. The number of pyridine rings is 1. The average Bonchev–Trinajstić information content (AvgIpc) is 2.08. The first-order chi connectivity index (χ1) is 5.65. The number of halogens is 1. The fraction of sp³-hybridized carbons (Fsp3) is 0.375. The Bertz CT molecular complexity index is 275. The van der Waals surface area contributed by atoms with E-state index in [0.29, 0.717) is 10.8 Å². The zero-order chi connectivity index (χ0) is 9.14. The van der Waals surface area contributed by atoms with Gasteiger partial charge in [0, 0.05) is 13.6 Å². The molecule has 0 aliphatic rings. The van der Waals surface area contributed by atoms with Crippen LogP contribution in [0.2, 0.25) is 5.15 Å². The largest absolute Gasteiger partial charge is 0.396 e. The summed E-state index contributed by atoms with van der Waals surface area (Å²) in [6.07, 6.45) is 0. The zero-order valence-electron chi connectivity index (χ0n) is 7.21. The maximum atomic E-state index is 5.72. The topological polar surface area (TPSA) is 42.2 Å². The number of hydrogen-bond acceptors (Lipinski definition) is 3. The van der Waals surface area contributed by atoms with Crippen LogP contribution in [0.25, 0.3) is 0 Å². The summed E-state index contributed by atoms with van der Waals surface area (Å²) in [7, 11) is 1.93. The molecule has 0 aliphatic heterocycles. The van der Waals surface area contributed by atoms with Crippen molar-refractivity contribution in [1.29, 1.82) is 0 Å². The lowest BCUT2D eigenvalue weighted by molar-refractivity contribution is 0.941. The highest BCUT2D eigenvalue weighted by Crippen LogP contribution is 2.21. The van der Waals surface area contributed by atoms with E-state index in [1.54, 1.807) is 12.1 Å². The molecule has 0 unspecified atom stereocenters. The number of nitrogens with zero attached hydrogens (tertiary/aromatic N) is 2. The summed E-state index contributed by atoms with van der Waals surface area (Å²) in [6.45, 7) is 2.89. The van der Waals surface area contributed by atoms with Gasteiger partial charge in [0.1, 0.15) is 5.15 Å². The Morgan fingerprint density at radius 2 is 2.25 bits per heavy atom. The molecule has 0 radical (unpaired) electrons. The van der Waals surface area contributed by atoms with E-state index in [2.05, 4.69) is 4.98 Å². The molecule has 4 heteroatoms. The van der Waals surface area contributed by atoms with Gasteiger partial charge in [-0.1, -0.05) is 11.6 Å². The normalized spacial score (nSPS) is 9.92. The quantitative estimate of drug-likeness (QED) is 0.715. The van der Waals surface area contributed by atoms with Crippen LogP contribution in [0.3, 0.4) is 0 Å². The molecule has 0 saturated heterocycles. The van der Waals surface area contributed by atoms with Gasteiger partial charge in [0.2, 0.25) is 0 Å². The van der Waals surface area contributed by atoms with Gasteiger partial charge < -0.3 is 10.6 Å². The van der Waals surface area contributed by atoms with Crippen LogP contribution >= 0.6 is 11.6 Å². The molecule has 1 heterocycles. The summed E-state index contributed by atoms with van der Waals surface area (Å²) in [5.74, 6) is 0.741. The fourth-order valence-electron chi connectivity index (χ4n) is 0.892. The lowest BCUT2D eigenvalue weighted by atomic mass is 10.4. The molecular weight excluding hydrogens is 174 g/mol. The van der Waals surface area contributed by atoms with Gasteiger partial charge in [0.15, 0.2) is 5.82 Å². The van der Waals surface area contributed by atoms with E-state index in [1.807, 2.05) is 18.9 Å². The molecule has 1 aromatic heterocycles. The highest BCUT2D eigenvalue weighted by Gasteiger charge is 2.04. The minimum absolute atomic E-state index is 0.472. The van der Waals surface area contributed by atoms with E-state index in [1.165, 1.54) is 0 Å². The standard InChI is InChI=1S/C8H12ClN3/c1-3-12(2)8-6(10)4-5-7(9)11-8/h4-5H,3,10H2,1-2H3. The Morgan fingerprint density at radius 1 is 1.58 bits per heavy atom. The van der Waals surface area contributed by atoms with Gasteiger partial charge >= 0.3 is 0 Å². The van der Waals surface area contributed by atoms with Gasteiger partial charge in [0.05, 0.1) is 5.69 Å². The molecule has 12 heavy (non-hydrogen) atoms. The molecule has 0 bridgehead atoms. The van der Waals surface area contributed by atoms with Crippen molar-refractivity contribution in [2.75, 3.05) is 24.2 Å². The van der Waals surface area contributed by atoms with Gasteiger partial charge in [-0.25, -0.2) is 4.98 Å². The highest BCUT2D eigenvalue weighted by atomic mass is 35.5. The van der Waals surface area contributed by atoms with E-state index in [-0.39, 0.29) is 0 Å². The third kappa shape index (κ3) is 1.80. The molecule has 3 nitrogen and oxygen atoms in total. The van der Waals surface area contributed by atoms with E-state index >= 15 is 0 Å². The van der Waals surface area contributed by atoms with Gasteiger partial charge in [0.25, 0.3) is 0 Å². The summed E-state index contributed by atoms with van der Waals surface area (Å²) >= 11 is 5.72. The number of nitrogen functional groups attached to an aromatic ring is 1. The van der Waals surface area contributed by atoms with E-state index in [0.717, 1.165) is 12.4 Å². The highest BCUT2D eigenvalue weighted by molar-refractivity contribution is 6.29. The third-order valence-electron chi connectivity index (χ3n) is 1.71. The first kappa shape index (κ1) is 9.13. The first-order valence-corrected chi connectivity index (χ1v) is 4.16. The Morgan fingerprint density at radius 3 is 2.83 bits per heavy atom. The van der Waals surface area contributed by atoms with Gasteiger partial charge in [-0.15, -0.1) is 0 Å². The number of hydrogen-bond donors (Lipinski definition) is 1. The van der Waals surface area contributed by atoms with Crippen molar-refractivity contribution in [2.24, 2.45) is 0 Å². The van der Waals surface area contributed by atoms with Crippen molar-refractivity contribution in [3.05, 3.63) is 17.3 Å². The second-order valence-corrected chi connectivity index (χ2v) is 2.95. The molecule has 1 aromatic rings. The van der Waals surface area contributed by atoms with Crippen LogP contribution in [0, 0.1) is 0 Å². The summed E-state index contributed by atoms with van der Waals surface area (Å²) in [5.41, 5.74) is 6.36. The van der Waals surface area contributed by atoms with Crippen LogP contribution in [0.15, 0.2) is 12.1 Å². The second kappa shape index (κ2) is 3.63. The summed E-state index contributed by atoms with van der Waals surface area (Å²) in [6, 6.07) is 3.45. The van der Waals surface area contributed by atoms with Gasteiger partial charge in [-0.3, -0.25) is 0 Å².